The Kier molecular flexibility index (Phi) is 5.33. The van der Waals surface area contributed by atoms with Crippen molar-refractivity contribution in [3.8, 4) is 0 Å². The molecule has 1 atom stereocenters. The van der Waals surface area contributed by atoms with E-state index < -0.39 is 0 Å². The van der Waals surface area contributed by atoms with Gasteiger partial charge in [0, 0.05) is 23.6 Å². The van der Waals surface area contributed by atoms with Crippen LogP contribution < -0.4 is 0 Å². The van der Waals surface area contributed by atoms with Gasteiger partial charge in [0.2, 0.25) is 0 Å². The highest BCUT2D eigenvalue weighted by molar-refractivity contribution is 9.09. The van der Waals surface area contributed by atoms with E-state index in [1.54, 1.807) is 0 Å². The minimum Gasteiger partial charge on any atom is -0.381 e. The van der Waals surface area contributed by atoms with E-state index in [9.17, 15) is 0 Å². The number of ether oxygens (including phenoxy) is 1. The summed E-state index contributed by atoms with van der Waals surface area (Å²) in [6.45, 7) is 1.86. The van der Waals surface area contributed by atoms with Crippen LogP contribution in [-0.4, -0.2) is 18.5 Å². The summed E-state index contributed by atoms with van der Waals surface area (Å²) in [6, 6.07) is 8.26. The zero-order valence-corrected chi connectivity index (χ0v) is 12.2. The third-order valence-corrected chi connectivity index (χ3v) is 4.52. The zero-order chi connectivity index (χ0) is 12.1. The van der Waals surface area contributed by atoms with E-state index in [4.69, 9.17) is 16.3 Å². The summed E-state index contributed by atoms with van der Waals surface area (Å²) in [7, 11) is 0. The second-order valence-electron chi connectivity index (χ2n) is 4.69. The Morgan fingerprint density at radius 1 is 1.24 bits per heavy atom. The van der Waals surface area contributed by atoms with Crippen LogP contribution in [0.25, 0.3) is 0 Å². The van der Waals surface area contributed by atoms with Gasteiger partial charge in [0.25, 0.3) is 0 Å². The average Bonchev–Trinajstić information content (AvgIpc) is 2.38. The molecule has 0 N–H and O–H groups in total. The fraction of sp³-hybridized carbons (Fsp3) is 0.571. The topological polar surface area (TPSA) is 9.23 Å². The Morgan fingerprint density at radius 2 is 1.88 bits per heavy atom. The molecule has 1 aliphatic heterocycles. The average molecular weight is 318 g/mol. The van der Waals surface area contributed by atoms with Crippen molar-refractivity contribution in [2.24, 2.45) is 5.92 Å². The van der Waals surface area contributed by atoms with Crippen LogP contribution in [0, 0.1) is 5.92 Å². The van der Waals surface area contributed by atoms with Crippen molar-refractivity contribution in [3.05, 3.63) is 34.9 Å². The molecule has 1 fully saturated rings. The lowest BCUT2D eigenvalue weighted by Gasteiger charge is -2.26. The fourth-order valence-electron chi connectivity index (χ4n) is 2.41. The van der Waals surface area contributed by atoms with Crippen LogP contribution in [0.3, 0.4) is 0 Å². The van der Waals surface area contributed by atoms with Crippen molar-refractivity contribution >= 4 is 27.5 Å². The van der Waals surface area contributed by atoms with Crippen LogP contribution in [-0.2, 0) is 4.74 Å². The molecule has 0 bridgehead atoms. The highest BCUT2D eigenvalue weighted by atomic mass is 79.9. The molecule has 94 valence electrons. The predicted molar refractivity (Wildman–Crippen MR) is 76.1 cm³/mol. The van der Waals surface area contributed by atoms with Gasteiger partial charge in [0.1, 0.15) is 0 Å². The molecule has 0 spiro atoms. The second kappa shape index (κ2) is 6.77. The first-order valence-corrected chi connectivity index (χ1v) is 7.68. The van der Waals surface area contributed by atoms with Gasteiger partial charge in [-0.3, -0.25) is 0 Å². The van der Waals surface area contributed by atoms with Crippen molar-refractivity contribution in [2.75, 3.05) is 18.5 Å². The molecule has 2 rings (SSSR count). The molecular formula is C14H18BrClO. The number of benzene rings is 1. The predicted octanol–water partition coefficient (Wildman–Crippen LogP) is 4.64. The molecule has 0 amide bonds. The normalized spacial score (nSPS) is 19.2. The molecule has 1 aliphatic rings. The van der Waals surface area contributed by atoms with Crippen LogP contribution in [0.5, 0.6) is 0 Å². The summed E-state index contributed by atoms with van der Waals surface area (Å²) in [4.78, 5) is 0. The third-order valence-electron chi connectivity index (χ3n) is 3.49. The molecule has 0 radical (unpaired) electrons. The quantitative estimate of drug-likeness (QED) is 0.735. The molecular weight excluding hydrogens is 300 g/mol. The minimum atomic E-state index is 0.593. The molecule has 1 saturated heterocycles. The van der Waals surface area contributed by atoms with Gasteiger partial charge in [-0.05, 0) is 48.8 Å². The molecule has 0 saturated carbocycles. The standard InChI is InChI=1S/C14H18BrClO/c15-10-13(9-11-5-7-17-8-6-11)12-1-3-14(16)4-2-12/h1-4,11,13H,5-10H2. The second-order valence-corrected chi connectivity index (χ2v) is 5.78. The number of hydrogen-bond donors (Lipinski definition) is 0. The molecule has 3 heteroatoms. The number of hydrogen-bond acceptors (Lipinski definition) is 1. The Labute approximate surface area is 117 Å². The van der Waals surface area contributed by atoms with Crippen LogP contribution in [0.4, 0.5) is 0 Å². The van der Waals surface area contributed by atoms with Crippen molar-refractivity contribution in [1.29, 1.82) is 0 Å². The maximum Gasteiger partial charge on any atom is 0.0468 e. The molecule has 1 unspecified atom stereocenters. The van der Waals surface area contributed by atoms with Gasteiger partial charge in [-0.25, -0.2) is 0 Å². The summed E-state index contributed by atoms with van der Waals surface area (Å²) in [5.41, 5.74) is 1.39. The minimum absolute atomic E-state index is 0.593. The number of rotatable bonds is 4. The van der Waals surface area contributed by atoms with Gasteiger partial charge >= 0.3 is 0 Å². The van der Waals surface area contributed by atoms with E-state index in [0.29, 0.717) is 5.92 Å². The Bertz CT molecular complexity index is 333. The SMILES string of the molecule is Clc1ccc(C(CBr)CC2CCOCC2)cc1. The number of alkyl halides is 1. The lowest BCUT2D eigenvalue weighted by atomic mass is 9.86. The fourth-order valence-corrected chi connectivity index (χ4v) is 3.17. The van der Waals surface area contributed by atoms with Crippen molar-refractivity contribution < 1.29 is 4.74 Å². The van der Waals surface area contributed by atoms with Crippen LogP contribution in [0.15, 0.2) is 24.3 Å². The van der Waals surface area contributed by atoms with Crippen molar-refractivity contribution in [2.45, 2.75) is 25.2 Å². The van der Waals surface area contributed by atoms with Crippen molar-refractivity contribution in [1.82, 2.24) is 0 Å². The Morgan fingerprint density at radius 3 is 2.47 bits per heavy atom. The van der Waals surface area contributed by atoms with E-state index in [-0.39, 0.29) is 0 Å². The lowest BCUT2D eigenvalue weighted by Crippen LogP contribution is -2.18. The third kappa shape index (κ3) is 3.97. The van der Waals surface area contributed by atoms with E-state index in [1.165, 1.54) is 24.8 Å². The highest BCUT2D eigenvalue weighted by Gasteiger charge is 2.19. The zero-order valence-electron chi connectivity index (χ0n) is 9.87. The highest BCUT2D eigenvalue weighted by Crippen LogP contribution is 2.31. The first-order valence-electron chi connectivity index (χ1n) is 6.18. The van der Waals surface area contributed by atoms with Gasteiger partial charge in [-0.15, -0.1) is 0 Å². The Hall–Kier alpha value is -0.0500. The Balaban J connectivity index is 1.97. The number of halogens is 2. The monoisotopic (exact) mass is 316 g/mol. The van der Waals surface area contributed by atoms with Crippen LogP contribution in [0.1, 0.15) is 30.7 Å². The molecule has 1 heterocycles. The van der Waals surface area contributed by atoms with Gasteiger partial charge in [0.15, 0.2) is 0 Å². The smallest absolute Gasteiger partial charge is 0.0468 e. The molecule has 1 aromatic carbocycles. The summed E-state index contributed by atoms with van der Waals surface area (Å²) in [6.07, 6.45) is 3.66. The van der Waals surface area contributed by atoms with E-state index in [2.05, 4.69) is 28.1 Å². The van der Waals surface area contributed by atoms with Crippen molar-refractivity contribution in [3.63, 3.8) is 0 Å². The summed E-state index contributed by atoms with van der Waals surface area (Å²) in [5.74, 6) is 1.40. The largest absolute Gasteiger partial charge is 0.381 e. The first-order chi connectivity index (χ1) is 8.29. The maximum absolute atomic E-state index is 5.92. The molecule has 1 aromatic rings. The van der Waals surface area contributed by atoms with E-state index >= 15 is 0 Å². The molecule has 0 aromatic heterocycles. The van der Waals surface area contributed by atoms with Gasteiger partial charge in [0.05, 0.1) is 0 Å². The molecule has 1 nitrogen and oxygen atoms in total. The van der Waals surface area contributed by atoms with Gasteiger partial charge < -0.3 is 4.74 Å². The van der Waals surface area contributed by atoms with Gasteiger partial charge in [-0.1, -0.05) is 39.7 Å². The first kappa shape index (κ1) is 13.4. The summed E-state index contributed by atoms with van der Waals surface area (Å²) >= 11 is 9.56. The lowest BCUT2D eigenvalue weighted by molar-refractivity contribution is 0.0623. The van der Waals surface area contributed by atoms with Crippen LogP contribution in [0.2, 0.25) is 5.02 Å². The van der Waals surface area contributed by atoms with E-state index in [1.807, 2.05) is 12.1 Å². The van der Waals surface area contributed by atoms with Crippen LogP contribution >= 0.6 is 27.5 Å². The molecule has 0 aliphatic carbocycles. The van der Waals surface area contributed by atoms with E-state index in [0.717, 1.165) is 29.5 Å². The summed E-state index contributed by atoms with van der Waals surface area (Å²) in [5, 5.41) is 1.83. The maximum atomic E-state index is 5.92. The summed E-state index contributed by atoms with van der Waals surface area (Å²) < 4.78 is 5.41. The molecule has 17 heavy (non-hydrogen) atoms. The van der Waals surface area contributed by atoms with Gasteiger partial charge in [-0.2, -0.15) is 0 Å².